The first-order valence-electron chi connectivity index (χ1n) is 12.4. The van der Waals surface area contributed by atoms with Gasteiger partial charge in [0.05, 0.1) is 18.2 Å². The number of rotatable bonds is 11. The Labute approximate surface area is 216 Å². The Balaban J connectivity index is 1.88. The Kier molecular flexibility index (Phi) is 9.57. The van der Waals surface area contributed by atoms with Crippen LogP contribution in [0.4, 0.5) is 10.5 Å². The number of aliphatic carboxylic acids is 1. The SMILES string of the molecule is Cc1nc(CC(C)C)c(NC(=O)NC(CC(=O)O)c2ccc(CN)cc2)c(=O)n1CCc1ccccc1. The fraction of sp³-hybridized carbons (Fsp3) is 0.357. The summed E-state index contributed by atoms with van der Waals surface area (Å²) in [7, 11) is 0. The molecule has 0 aliphatic rings. The lowest BCUT2D eigenvalue weighted by Crippen LogP contribution is -2.38. The summed E-state index contributed by atoms with van der Waals surface area (Å²) in [5.74, 6) is -0.281. The molecule has 37 heavy (non-hydrogen) atoms. The van der Waals surface area contributed by atoms with Gasteiger partial charge in [-0.15, -0.1) is 0 Å². The average molecular weight is 506 g/mol. The molecule has 0 saturated carbocycles. The lowest BCUT2D eigenvalue weighted by atomic mass is 10.0. The van der Waals surface area contributed by atoms with Crippen LogP contribution < -0.4 is 21.9 Å². The molecule has 0 aliphatic carbocycles. The highest BCUT2D eigenvalue weighted by Crippen LogP contribution is 2.19. The summed E-state index contributed by atoms with van der Waals surface area (Å²) in [6, 6.07) is 15.4. The zero-order valence-corrected chi connectivity index (χ0v) is 21.5. The molecule has 0 bridgehead atoms. The maximum absolute atomic E-state index is 13.5. The van der Waals surface area contributed by atoms with Crippen LogP contribution >= 0.6 is 0 Å². The minimum absolute atomic E-state index is 0.109. The maximum atomic E-state index is 13.5. The highest BCUT2D eigenvalue weighted by molar-refractivity contribution is 5.90. The molecule has 2 aromatic carbocycles. The predicted octanol–water partition coefficient (Wildman–Crippen LogP) is 3.79. The van der Waals surface area contributed by atoms with Gasteiger partial charge in [-0.2, -0.15) is 0 Å². The molecule has 0 saturated heterocycles. The van der Waals surface area contributed by atoms with Crippen LogP contribution in [-0.2, 0) is 30.7 Å². The van der Waals surface area contributed by atoms with Crippen LogP contribution in [-0.4, -0.2) is 26.7 Å². The van der Waals surface area contributed by atoms with Crippen LogP contribution in [0.2, 0.25) is 0 Å². The molecule has 3 aromatic rings. The van der Waals surface area contributed by atoms with Gasteiger partial charge in [-0.05, 0) is 42.4 Å². The third-order valence-corrected chi connectivity index (χ3v) is 6.04. The summed E-state index contributed by atoms with van der Waals surface area (Å²) in [4.78, 5) is 42.7. The van der Waals surface area contributed by atoms with Gasteiger partial charge in [0.1, 0.15) is 11.5 Å². The smallest absolute Gasteiger partial charge is 0.319 e. The number of nitrogens with zero attached hydrogens (tertiary/aromatic N) is 2. The monoisotopic (exact) mass is 505 g/mol. The molecular weight excluding hydrogens is 470 g/mol. The van der Waals surface area contributed by atoms with Crippen molar-refractivity contribution in [2.75, 3.05) is 5.32 Å². The van der Waals surface area contributed by atoms with Crippen LogP contribution in [0.3, 0.4) is 0 Å². The molecule has 2 amide bonds. The molecule has 5 N–H and O–H groups in total. The summed E-state index contributed by atoms with van der Waals surface area (Å²) >= 11 is 0. The van der Waals surface area contributed by atoms with Gasteiger partial charge in [0.2, 0.25) is 0 Å². The minimum Gasteiger partial charge on any atom is -0.481 e. The second-order valence-electron chi connectivity index (χ2n) is 9.47. The van der Waals surface area contributed by atoms with Gasteiger partial charge >= 0.3 is 12.0 Å². The number of carboxylic acids is 1. The van der Waals surface area contributed by atoms with E-state index in [0.717, 1.165) is 11.1 Å². The van der Waals surface area contributed by atoms with Crippen molar-refractivity contribution in [1.29, 1.82) is 0 Å². The van der Waals surface area contributed by atoms with Crippen LogP contribution in [0.1, 0.15) is 54.5 Å². The van der Waals surface area contributed by atoms with Gasteiger partial charge in [0.15, 0.2) is 0 Å². The number of benzene rings is 2. The van der Waals surface area contributed by atoms with Gasteiger partial charge < -0.3 is 21.5 Å². The van der Waals surface area contributed by atoms with Crippen LogP contribution in [0.15, 0.2) is 59.4 Å². The lowest BCUT2D eigenvalue weighted by molar-refractivity contribution is -0.137. The number of carboxylic acid groups (broad SMARTS) is 1. The fourth-order valence-electron chi connectivity index (χ4n) is 4.15. The number of hydrogen-bond donors (Lipinski definition) is 4. The molecule has 196 valence electrons. The van der Waals surface area contributed by atoms with Gasteiger partial charge in [-0.1, -0.05) is 68.4 Å². The maximum Gasteiger partial charge on any atom is 0.319 e. The van der Waals surface area contributed by atoms with E-state index in [0.29, 0.717) is 43.0 Å². The summed E-state index contributed by atoms with van der Waals surface area (Å²) in [6.07, 6.45) is 0.823. The Morgan fingerprint density at radius 2 is 1.73 bits per heavy atom. The number of anilines is 1. The van der Waals surface area contributed by atoms with Crippen LogP contribution in [0, 0.1) is 12.8 Å². The number of carbonyl (C=O) groups is 2. The molecule has 3 rings (SSSR count). The van der Waals surface area contributed by atoms with Gasteiger partial charge in [-0.3, -0.25) is 14.2 Å². The van der Waals surface area contributed by atoms with Crippen molar-refractivity contribution >= 4 is 17.7 Å². The summed E-state index contributed by atoms with van der Waals surface area (Å²) in [5, 5.41) is 14.8. The zero-order chi connectivity index (χ0) is 26.9. The Morgan fingerprint density at radius 1 is 1.05 bits per heavy atom. The molecule has 9 heteroatoms. The number of urea groups is 1. The summed E-state index contributed by atoms with van der Waals surface area (Å²) in [6.45, 7) is 6.57. The number of nitrogens with one attached hydrogen (secondary N) is 2. The molecule has 0 fully saturated rings. The van der Waals surface area contributed by atoms with Crippen molar-refractivity contribution in [2.24, 2.45) is 11.7 Å². The highest BCUT2D eigenvalue weighted by atomic mass is 16.4. The largest absolute Gasteiger partial charge is 0.481 e. The number of nitrogens with two attached hydrogens (primary N) is 1. The van der Waals surface area contributed by atoms with E-state index in [2.05, 4.69) is 15.6 Å². The van der Waals surface area contributed by atoms with E-state index in [4.69, 9.17) is 5.73 Å². The number of aryl methyl sites for hydroxylation is 2. The van der Waals surface area contributed by atoms with Crippen molar-refractivity contribution in [1.82, 2.24) is 14.9 Å². The first-order valence-corrected chi connectivity index (χ1v) is 12.4. The van der Waals surface area contributed by atoms with Crippen LogP contribution in [0.5, 0.6) is 0 Å². The topological polar surface area (TPSA) is 139 Å². The van der Waals surface area contributed by atoms with Crippen molar-refractivity contribution < 1.29 is 14.7 Å². The molecule has 1 aromatic heterocycles. The minimum atomic E-state index is -1.06. The van der Waals surface area contributed by atoms with E-state index in [-0.39, 0.29) is 23.6 Å². The molecule has 1 heterocycles. The normalized spacial score (nSPS) is 11.8. The fourth-order valence-corrected chi connectivity index (χ4v) is 4.15. The van der Waals surface area contributed by atoms with E-state index < -0.39 is 18.0 Å². The molecule has 1 atom stereocenters. The summed E-state index contributed by atoms with van der Waals surface area (Å²) in [5.41, 5.74) is 8.53. The lowest BCUT2D eigenvalue weighted by Gasteiger charge is -2.20. The average Bonchev–Trinajstić information content (AvgIpc) is 2.86. The number of carbonyl (C=O) groups excluding carboxylic acids is 1. The van der Waals surface area contributed by atoms with E-state index in [1.54, 1.807) is 35.8 Å². The summed E-state index contributed by atoms with van der Waals surface area (Å²) < 4.78 is 1.56. The van der Waals surface area contributed by atoms with E-state index in [1.807, 2.05) is 44.2 Å². The molecule has 1 unspecified atom stereocenters. The highest BCUT2D eigenvalue weighted by Gasteiger charge is 2.22. The van der Waals surface area contributed by atoms with Gasteiger partial charge in [-0.25, -0.2) is 9.78 Å². The van der Waals surface area contributed by atoms with Gasteiger partial charge in [0.25, 0.3) is 5.56 Å². The molecule has 0 spiro atoms. The van der Waals surface area contributed by atoms with Crippen molar-refractivity contribution in [2.45, 2.75) is 59.2 Å². The molecule has 0 radical (unpaired) electrons. The number of amides is 2. The van der Waals surface area contributed by atoms with E-state index >= 15 is 0 Å². The first-order chi connectivity index (χ1) is 17.7. The third kappa shape index (κ3) is 7.75. The van der Waals surface area contributed by atoms with Crippen molar-refractivity contribution in [3.05, 3.63) is 93.2 Å². The molecule has 9 nitrogen and oxygen atoms in total. The number of aromatic nitrogens is 2. The van der Waals surface area contributed by atoms with Crippen molar-refractivity contribution in [3.8, 4) is 0 Å². The van der Waals surface area contributed by atoms with E-state index in [1.165, 1.54) is 0 Å². The second-order valence-corrected chi connectivity index (χ2v) is 9.47. The molecular formula is C28H35N5O4. The second kappa shape index (κ2) is 12.8. The predicted molar refractivity (Wildman–Crippen MR) is 143 cm³/mol. The Hall–Kier alpha value is -3.98. The van der Waals surface area contributed by atoms with E-state index in [9.17, 15) is 19.5 Å². The van der Waals surface area contributed by atoms with Crippen LogP contribution in [0.25, 0.3) is 0 Å². The standard InChI is InChI=1S/C28H35N5O4/c1-18(2)15-24-26(27(36)33(19(3)30-24)14-13-20-7-5-4-6-8-20)32-28(37)31-23(16-25(34)35)22-11-9-21(17-29)10-12-22/h4-12,18,23H,13-17,29H2,1-3H3,(H,34,35)(H2,31,32,37). The third-order valence-electron chi connectivity index (χ3n) is 6.04. The quantitative estimate of drug-likeness (QED) is 0.313. The molecule has 0 aliphatic heterocycles. The van der Waals surface area contributed by atoms with Crippen molar-refractivity contribution in [3.63, 3.8) is 0 Å². The zero-order valence-electron chi connectivity index (χ0n) is 21.5. The Bertz CT molecular complexity index is 1270. The Morgan fingerprint density at radius 3 is 2.32 bits per heavy atom. The van der Waals surface area contributed by atoms with Gasteiger partial charge in [0, 0.05) is 13.1 Å². The number of hydrogen-bond acceptors (Lipinski definition) is 5. The first kappa shape index (κ1) is 27.6.